The molecule has 25 heavy (non-hydrogen) atoms. The van der Waals surface area contributed by atoms with E-state index in [1.165, 1.54) is 29.7 Å². The van der Waals surface area contributed by atoms with Gasteiger partial charge in [-0.3, -0.25) is 9.88 Å². The monoisotopic (exact) mass is 337 g/mol. The second-order valence-corrected chi connectivity index (χ2v) is 7.15. The maximum Gasteiger partial charge on any atom is 0.225 e. The largest absolute Gasteiger partial charge is 0.378 e. The predicted octanol–water partition coefficient (Wildman–Crippen LogP) is 1.97. The van der Waals surface area contributed by atoms with Crippen molar-refractivity contribution < 1.29 is 4.74 Å². The number of fused-ring (bicyclic) bond motifs is 4. The zero-order valence-electron chi connectivity index (χ0n) is 14.3. The van der Waals surface area contributed by atoms with E-state index in [0.29, 0.717) is 12.1 Å². The number of nitrogens with zero attached hydrogens (tertiary/aromatic N) is 5. The summed E-state index contributed by atoms with van der Waals surface area (Å²) in [5, 5.41) is 0. The summed E-state index contributed by atoms with van der Waals surface area (Å²) < 4.78 is 5.44. The molecule has 130 valence electrons. The van der Waals surface area contributed by atoms with E-state index in [2.05, 4.69) is 33.1 Å². The maximum atomic E-state index is 5.44. The van der Waals surface area contributed by atoms with Crippen LogP contribution in [0.5, 0.6) is 0 Å². The van der Waals surface area contributed by atoms with Crippen LogP contribution in [0.25, 0.3) is 0 Å². The van der Waals surface area contributed by atoms with E-state index in [1.807, 2.05) is 12.4 Å². The Labute approximate surface area is 147 Å². The fourth-order valence-corrected chi connectivity index (χ4v) is 4.42. The SMILES string of the molecule is c1cc(CN2[C@@H]3CC[C@@H]2c2cnc(N4CCOCC4)nc2C3)ccn1. The Kier molecular flexibility index (Phi) is 3.87. The fourth-order valence-electron chi connectivity index (χ4n) is 4.42. The highest BCUT2D eigenvalue weighted by Gasteiger charge is 2.40. The second kappa shape index (κ2) is 6.35. The molecule has 0 saturated carbocycles. The summed E-state index contributed by atoms with van der Waals surface area (Å²) in [5.41, 5.74) is 3.93. The number of morpholine rings is 1. The van der Waals surface area contributed by atoms with Gasteiger partial charge in [-0.15, -0.1) is 0 Å². The molecule has 2 aromatic rings. The van der Waals surface area contributed by atoms with Crippen LogP contribution >= 0.6 is 0 Å². The topological polar surface area (TPSA) is 54.4 Å². The zero-order valence-corrected chi connectivity index (χ0v) is 14.3. The Morgan fingerprint density at radius 3 is 2.80 bits per heavy atom. The molecule has 0 radical (unpaired) electrons. The van der Waals surface area contributed by atoms with Crippen molar-refractivity contribution in [2.75, 3.05) is 31.2 Å². The molecular weight excluding hydrogens is 314 g/mol. The maximum absolute atomic E-state index is 5.44. The number of hydrogen-bond acceptors (Lipinski definition) is 6. The number of anilines is 1. The van der Waals surface area contributed by atoms with Crippen molar-refractivity contribution in [2.24, 2.45) is 0 Å². The molecule has 2 atom stereocenters. The first kappa shape index (κ1) is 15.2. The second-order valence-electron chi connectivity index (χ2n) is 7.15. The first-order valence-electron chi connectivity index (χ1n) is 9.21. The van der Waals surface area contributed by atoms with Crippen molar-refractivity contribution in [3.8, 4) is 0 Å². The summed E-state index contributed by atoms with van der Waals surface area (Å²) in [5.74, 6) is 0.879. The highest BCUT2D eigenvalue weighted by molar-refractivity contribution is 5.37. The van der Waals surface area contributed by atoms with E-state index in [-0.39, 0.29) is 0 Å². The Morgan fingerprint density at radius 1 is 1.12 bits per heavy atom. The lowest BCUT2D eigenvalue weighted by molar-refractivity contribution is 0.122. The van der Waals surface area contributed by atoms with Gasteiger partial charge in [0.25, 0.3) is 0 Å². The molecule has 2 bridgehead atoms. The van der Waals surface area contributed by atoms with Gasteiger partial charge >= 0.3 is 0 Å². The van der Waals surface area contributed by atoms with Gasteiger partial charge in [-0.05, 0) is 30.5 Å². The molecule has 0 aromatic carbocycles. The van der Waals surface area contributed by atoms with Crippen LogP contribution in [0.1, 0.15) is 35.7 Å². The third-order valence-electron chi connectivity index (χ3n) is 5.73. The number of aromatic nitrogens is 3. The van der Waals surface area contributed by atoms with E-state index in [4.69, 9.17) is 14.7 Å². The van der Waals surface area contributed by atoms with Crippen LogP contribution in [0.4, 0.5) is 5.95 Å². The minimum Gasteiger partial charge on any atom is -0.378 e. The first-order valence-corrected chi connectivity index (χ1v) is 9.21. The molecule has 3 aliphatic heterocycles. The lowest BCUT2D eigenvalue weighted by Crippen LogP contribution is -2.40. The van der Waals surface area contributed by atoms with Gasteiger partial charge in [0.2, 0.25) is 5.95 Å². The van der Waals surface area contributed by atoms with Crippen molar-refractivity contribution in [2.45, 2.75) is 37.9 Å². The van der Waals surface area contributed by atoms with E-state index in [0.717, 1.165) is 45.2 Å². The third-order valence-corrected chi connectivity index (χ3v) is 5.73. The van der Waals surface area contributed by atoms with E-state index in [1.54, 1.807) is 0 Å². The normalized spacial score (nSPS) is 25.8. The summed E-state index contributed by atoms with van der Waals surface area (Å²) in [6.07, 6.45) is 9.34. The third kappa shape index (κ3) is 2.79. The standard InChI is InChI=1S/C19H23N5O/c1-2-18-16-12-21-19(23-7-9-25-10-8-23)22-17(16)11-15(1)24(18)13-14-3-5-20-6-4-14/h3-6,12,15,18H,1-2,7-11,13H2/t15-,18-/m1/s1. The van der Waals surface area contributed by atoms with Gasteiger partial charge in [-0.1, -0.05) is 0 Å². The highest BCUT2D eigenvalue weighted by Crippen LogP contribution is 2.43. The first-order chi connectivity index (χ1) is 12.4. The zero-order chi connectivity index (χ0) is 16.6. The van der Waals surface area contributed by atoms with E-state index in [9.17, 15) is 0 Å². The predicted molar refractivity (Wildman–Crippen MR) is 94.3 cm³/mol. The molecule has 0 unspecified atom stereocenters. The van der Waals surface area contributed by atoms with Crippen LogP contribution in [-0.2, 0) is 17.7 Å². The molecule has 0 N–H and O–H groups in total. The van der Waals surface area contributed by atoms with E-state index < -0.39 is 0 Å². The van der Waals surface area contributed by atoms with Crippen molar-refractivity contribution in [3.63, 3.8) is 0 Å². The van der Waals surface area contributed by atoms with Crippen LogP contribution in [0, 0.1) is 0 Å². The average molecular weight is 337 g/mol. The quantitative estimate of drug-likeness (QED) is 0.853. The number of hydrogen-bond donors (Lipinski definition) is 0. The molecule has 2 aromatic heterocycles. The lowest BCUT2D eigenvalue weighted by Gasteiger charge is -2.36. The molecule has 2 saturated heterocycles. The van der Waals surface area contributed by atoms with Crippen LogP contribution in [0.3, 0.4) is 0 Å². The lowest BCUT2D eigenvalue weighted by atomic mass is 9.98. The minimum absolute atomic E-state index is 0.459. The molecule has 3 aliphatic rings. The van der Waals surface area contributed by atoms with Crippen molar-refractivity contribution >= 4 is 5.95 Å². The summed E-state index contributed by atoms with van der Waals surface area (Å²) in [7, 11) is 0. The Morgan fingerprint density at radius 2 is 1.96 bits per heavy atom. The fraction of sp³-hybridized carbons (Fsp3) is 0.526. The Balaban J connectivity index is 1.40. The molecule has 0 aliphatic carbocycles. The van der Waals surface area contributed by atoms with Gasteiger partial charge in [0.05, 0.1) is 18.9 Å². The van der Waals surface area contributed by atoms with Crippen LogP contribution < -0.4 is 4.90 Å². The van der Waals surface area contributed by atoms with E-state index >= 15 is 0 Å². The van der Waals surface area contributed by atoms with Gasteiger partial charge in [-0.25, -0.2) is 9.97 Å². The van der Waals surface area contributed by atoms with Gasteiger partial charge in [0.15, 0.2) is 0 Å². The molecule has 0 spiro atoms. The number of ether oxygens (including phenoxy) is 1. The highest BCUT2D eigenvalue weighted by atomic mass is 16.5. The van der Waals surface area contributed by atoms with Crippen LogP contribution in [-0.4, -0.2) is 52.2 Å². The molecule has 5 heterocycles. The van der Waals surface area contributed by atoms with Crippen LogP contribution in [0.15, 0.2) is 30.7 Å². The van der Waals surface area contributed by atoms with Crippen molar-refractivity contribution in [1.82, 2.24) is 19.9 Å². The molecule has 2 fully saturated rings. The molecule has 5 rings (SSSR count). The van der Waals surface area contributed by atoms with Gasteiger partial charge in [0.1, 0.15) is 0 Å². The minimum atomic E-state index is 0.459. The van der Waals surface area contributed by atoms with Gasteiger partial charge < -0.3 is 9.64 Å². The summed E-state index contributed by atoms with van der Waals surface area (Å²) in [6.45, 7) is 4.30. The smallest absolute Gasteiger partial charge is 0.225 e. The van der Waals surface area contributed by atoms with Gasteiger partial charge in [0, 0.05) is 62.3 Å². The van der Waals surface area contributed by atoms with Gasteiger partial charge in [-0.2, -0.15) is 0 Å². The Bertz CT molecular complexity index is 747. The molecule has 6 nitrogen and oxygen atoms in total. The van der Waals surface area contributed by atoms with Crippen LogP contribution in [0.2, 0.25) is 0 Å². The van der Waals surface area contributed by atoms with Crippen molar-refractivity contribution in [1.29, 1.82) is 0 Å². The summed E-state index contributed by atoms with van der Waals surface area (Å²) in [6, 6.07) is 5.29. The summed E-state index contributed by atoms with van der Waals surface area (Å²) in [4.78, 5) is 18.6. The average Bonchev–Trinajstić information content (AvgIpc) is 2.95. The molecule has 0 amide bonds. The Hall–Kier alpha value is -2.05. The number of rotatable bonds is 3. The molecular formula is C19H23N5O. The van der Waals surface area contributed by atoms with Crippen molar-refractivity contribution in [3.05, 3.63) is 47.5 Å². The number of pyridine rings is 1. The summed E-state index contributed by atoms with van der Waals surface area (Å²) >= 11 is 0. The molecule has 6 heteroatoms.